The van der Waals surface area contributed by atoms with Gasteiger partial charge in [-0.3, -0.25) is 4.84 Å². The smallest absolute Gasteiger partial charge is 0.126 e. The third-order valence-electron chi connectivity index (χ3n) is 3.52. The topological polar surface area (TPSA) is 21.3 Å². The molecule has 0 saturated heterocycles. The van der Waals surface area contributed by atoms with Gasteiger partial charge in [0.25, 0.3) is 0 Å². The van der Waals surface area contributed by atoms with Crippen LogP contribution >= 0.6 is 0 Å². The lowest BCUT2D eigenvalue weighted by molar-refractivity contribution is 0.00332. The fourth-order valence-corrected chi connectivity index (χ4v) is 2.53. The molecule has 1 aliphatic rings. The summed E-state index contributed by atoms with van der Waals surface area (Å²) < 4.78 is 13.6. The molecule has 1 atom stereocenters. The van der Waals surface area contributed by atoms with Crippen LogP contribution in [0.2, 0.25) is 0 Å². The molecule has 0 amide bonds. The minimum atomic E-state index is -0.107. The molecule has 0 radical (unpaired) electrons. The molecule has 1 aliphatic carbocycles. The van der Waals surface area contributed by atoms with E-state index >= 15 is 0 Å². The molecule has 1 unspecified atom stereocenters. The van der Waals surface area contributed by atoms with E-state index in [1.807, 2.05) is 36.4 Å². The van der Waals surface area contributed by atoms with Crippen LogP contribution in [0.15, 0.2) is 48.5 Å². The van der Waals surface area contributed by atoms with Crippen LogP contribution in [-0.2, 0) is 17.9 Å². The monoisotopic (exact) mass is 257 g/mol. The van der Waals surface area contributed by atoms with Gasteiger partial charge in [-0.25, -0.2) is 4.39 Å². The second-order valence-electron chi connectivity index (χ2n) is 4.79. The molecule has 0 aliphatic heterocycles. The first kappa shape index (κ1) is 12.3. The van der Waals surface area contributed by atoms with Gasteiger partial charge in [-0.15, -0.1) is 0 Å². The maximum absolute atomic E-state index is 13.6. The predicted octanol–water partition coefficient (Wildman–Crippen LogP) is 3.53. The highest BCUT2D eigenvalue weighted by atomic mass is 19.1. The van der Waals surface area contributed by atoms with Crippen molar-refractivity contribution in [2.45, 2.75) is 25.5 Å². The number of fused-ring (bicyclic) bond motifs is 1. The Kier molecular flexibility index (Phi) is 3.58. The van der Waals surface area contributed by atoms with E-state index in [4.69, 9.17) is 4.84 Å². The molecule has 0 fully saturated rings. The first-order valence-corrected chi connectivity index (χ1v) is 6.53. The lowest BCUT2D eigenvalue weighted by Crippen LogP contribution is -2.19. The summed E-state index contributed by atoms with van der Waals surface area (Å²) in [5.41, 5.74) is 6.01. The molecule has 0 bridgehead atoms. The Morgan fingerprint density at radius 3 is 2.79 bits per heavy atom. The summed E-state index contributed by atoms with van der Waals surface area (Å²) >= 11 is 0. The molecule has 98 valence electrons. The second kappa shape index (κ2) is 5.51. The van der Waals surface area contributed by atoms with Gasteiger partial charge in [0, 0.05) is 0 Å². The Morgan fingerprint density at radius 1 is 1.11 bits per heavy atom. The highest BCUT2D eigenvalue weighted by Crippen LogP contribution is 2.32. The molecule has 0 heterocycles. The summed E-state index contributed by atoms with van der Waals surface area (Å²) in [5, 5.41) is 0. The first-order valence-electron chi connectivity index (χ1n) is 6.53. The van der Waals surface area contributed by atoms with E-state index in [0.29, 0.717) is 6.61 Å². The molecule has 19 heavy (non-hydrogen) atoms. The van der Waals surface area contributed by atoms with Crippen molar-refractivity contribution in [3.05, 3.63) is 71.0 Å². The van der Waals surface area contributed by atoms with Crippen LogP contribution in [0.4, 0.5) is 4.39 Å². The van der Waals surface area contributed by atoms with Crippen molar-refractivity contribution in [3.8, 4) is 0 Å². The van der Waals surface area contributed by atoms with Gasteiger partial charge in [-0.1, -0.05) is 42.5 Å². The van der Waals surface area contributed by atoms with Gasteiger partial charge in [0.15, 0.2) is 0 Å². The maximum Gasteiger partial charge on any atom is 0.126 e. The van der Waals surface area contributed by atoms with E-state index in [9.17, 15) is 4.39 Å². The van der Waals surface area contributed by atoms with Crippen LogP contribution in [0.5, 0.6) is 0 Å². The van der Waals surface area contributed by atoms with E-state index in [1.54, 1.807) is 6.07 Å². The average molecular weight is 257 g/mol. The van der Waals surface area contributed by atoms with E-state index in [2.05, 4.69) is 5.48 Å². The minimum absolute atomic E-state index is 0.0920. The molecule has 2 aromatic carbocycles. The Labute approximate surface area is 112 Å². The summed E-state index contributed by atoms with van der Waals surface area (Å²) in [6, 6.07) is 15.3. The molecule has 0 aromatic heterocycles. The molecule has 1 N–H and O–H groups in total. The van der Waals surface area contributed by atoms with Crippen LogP contribution in [0.25, 0.3) is 0 Å². The van der Waals surface area contributed by atoms with Crippen LogP contribution in [0.1, 0.15) is 29.2 Å². The van der Waals surface area contributed by atoms with Crippen molar-refractivity contribution in [2.24, 2.45) is 0 Å². The van der Waals surface area contributed by atoms with Crippen molar-refractivity contribution in [3.63, 3.8) is 0 Å². The normalized spacial score (nSPS) is 17.4. The van der Waals surface area contributed by atoms with Gasteiger partial charge in [-0.2, -0.15) is 5.48 Å². The number of hydrogen-bond donors (Lipinski definition) is 1. The number of hydrogen-bond acceptors (Lipinski definition) is 2. The molecular formula is C16H16FNO. The summed E-state index contributed by atoms with van der Waals surface area (Å²) in [4.78, 5) is 5.53. The quantitative estimate of drug-likeness (QED) is 0.846. The first-order chi connectivity index (χ1) is 9.34. The summed E-state index contributed by atoms with van der Waals surface area (Å²) in [6.07, 6.45) is 1.65. The third-order valence-corrected chi connectivity index (χ3v) is 3.52. The number of rotatable bonds is 4. The largest absolute Gasteiger partial charge is 0.296 e. The van der Waals surface area contributed by atoms with Gasteiger partial charge < -0.3 is 0 Å². The Balaban J connectivity index is 1.60. The lowest BCUT2D eigenvalue weighted by atomic mass is 10.1. The maximum atomic E-state index is 13.6. The highest BCUT2D eigenvalue weighted by Gasteiger charge is 2.24. The molecule has 2 nitrogen and oxygen atoms in total. The fourth-order valence-electron chi connectivity index (χ4n) is 2.53. The summed E-state index contributed by atoms with van der Waals surface area (Å²) in [5.74, 6) is -0.107. The van der Waals surface area contributed by atoms with Gasteiger partial charge >= 0.3 is 0 Å². The van der Waals surface area contributed by atoms with Crippen molar-refractivity contribution in [1.82, 2.24) is 5.48 Å². The Hall–Kier alpha value is -1.71. The van der Waals surface area contributed by atoms with E-state index in [0.717, 1.165) is 29.5 Å². The number of benzene rings is 2. The van der Waals surface area contributed by atoms with Crippen molar-refractivity contribution in [1.29, 1.82) is 0 Å². The standard InChI is InChI=1S/C16H16FNO/c17-15-8-4-7-14-13(15)9-10-16(14)18-19-11-12-5-2-1-3-6-12/h1-8,16,18H,9-11H2. The SMILES string of the molecule is Fc1cccc2c1CCC2NOCc1ccccc1. The van der Waals surface area contributed by atoms with Crippen molar-refractivity contribution >= 4 is 0 Å². The van der Waals surface area contributed by atoms with Crippen LogP contribution in [0.3, 0.4) is 0 Å². The zero-order chi connectivity index (χ0) is 13.1. The molecule has 0 saturated carbocycles. The number of halogens is 1. The zero-order valence-corrected chi connectivity index (χ0v) is 10.6. The molecule has 3 rings (SSSR count). The number of hydroxylamine groups is 1. The molecule has 0 spiro atoms. The van der Waals surface area contributed by atoms with Crippen molar-refractivity contribution in [2.75, 3.05) is 0 Å². The van der Waals surface area contributed by atoms with E-state index < -0.39 is 0 Å². The van der Waals surface area contributed by atoms with Crippen molar-refractivity contribution < 1.29 is 9.23 Å². The van der Waals surface area contributed by atoms with Gasteiger partial charge in [0.2, 0.25) is 0 Å². The highest BCUT2D eigenvalue weighted by molar-refractivity contribution is 5.35. The molecule has 3 heteroatoms. The van der Waals surface area contributed by atoms with Gasteiger partial charge in [-0.05, 0) is 35.6 Å². The Bertz CT molecular complexity index is 556. The van der Waals surface area contributed by atoms with E-state index in [1.165, 1.54) is 6.07 Å². The summed E-state index contributed by atoms with van der Waals surface area (Å²) in [7, 11) is 0. The lowest BCUT2D eigenvalue weighted by Gasteiger charge is -2.14. The third kappa shape index (κ3) is 2.67. The van der Waals surface area contributed by atoms with Gasteiger partial charge in [0.1, 0.15) is 5.82 Å². The minimum Gasteiger partial charge on any atom is -0.296 e. The fraction of sp³-hybridized carbons (Fsp3) is 0.250. The molecule has 2 aromatic rings. The zero-order valence-electron chi connectivity index (χ0n) is 10.6. The average Bonchev–Trinajstić information content (AvgIpc) is 2.85. The van der Waals surface area contributed by atoms with E-state index in [-0.39, 0.29) is 11.9 Å². The number of nitrogens with one attached hydrogen (secondary N) is 1. The van der Waals surface area contributed by atoms with Gasteiger partial charge in [0.05, 0.1) is 12.6 Å². The van der Waals surface area contributed by atoms with Crippen LogP contribution in [-0.4, -0.2) is 0 Å². The summed E-state index contributed by atoms with van der Waals surface area (Å²) in [6.45, 7) is 0.516. The van der Waals surface area contributed by atoms with Crippen LogP contribution < -0.4 is 5.48 Å². The second-order valence-corrected chi connectivity index (χ2v) is 4.79. The molecular weight excluding hydrogens is 241 g/mol. The van der Waals surface area contributed by atoms with Crippen LogP contribution in [0, 0.1) is 5.82 Å². The predicted molar refractivity (Wildman–Crippen MR) is 71.8 cm³/mol. The Morgan fingerprint density at radius 2 is 1.95 bits per heavy atom.